The van der Waals surface area contributed by atoms with Crippen molar-refractivity contribution in [1.82, 2.24) is 4.37 Å². The summed E-state index contributed by atoms with van der Waals surface area (Å²) in [6.45, 7) is 2.07. The lowest BCUT2D eigenvalue weighted by Crippen LogP contribution is -1.83. The van der Waals surface area contributed by atoms with E-state index < -0.39 is 0 Å². The smallest absolute Gasteiger partial charge is 0.0779 e. The second-order valence-electron chi connectivity index (χ2n) is 2.98. The highest BCUT2D eigenvalue weighted by Gasteiger charge is 2.04. The zero-order valence-corrected chi connectivity index (χ0v) is 8.14. The molecule has 0 spiro atoms. The van der Waals surface area contributed by atoms with Crippen LogP contribution < -0.4 is 5.73 Å². The van der Waals surface area contributed by atoms with Crippen LogP contribution in [0.15, 0.2) is 30.5 Å². The molecule has 2 N–H and O–H groups in total. The summed E-state index contributed by atoms with van der Waals surface area (Å²) >= 11 is 1.44. The third kappa shape index (κ3) is 1.55. The minimum atomic E-state index is 0.760. The number of nitrogens with two attached hydrogens (primary N) is 1. The van der Waals surface area contributed by atoms with Gasteiger partial charge in [-0.2, -0.15) is 4.37 Å². The number of hydrogen-bond donors (Lipinski definition) is 1. The molecule has 0 atom stereocenters. The maximum atomic E-state index is 5.77. The average Bonchev–Trinajstić information content (AvgIpc) is 2.51. The molecule has 1 aromatic carbocycles. The first-order valence-corrected chi connectivity index (χ1v) is 4.82. The van der Waals surface area contributed by atoms with Gasteiger partial charge in [0.05, 0.1) is 16.8 Å². The number of nitrogen functional groups attached to an aromatic ring is 1. The molecule has 0 radical (unpaired) electrons. The predicted molar refractivity (Wildman–Crippen MR) is 56.7 cm³/mol. The quantitative estimate of drug-likeness (QED) is 0.751. The Balaban J connectivity index is 2.53. The van der Waals surface area contributed by atoms with Crippen molar-refractivity contribution < 1.29 is 0 Å². The highest BCUT2D eigenvalue weighted by Crippen LogP contribution is 2.29. The normalized spacial score (nSPS) is 10.2. The molecule has 2 aromatic rings. The summed E-state index contributed by atoms with van der Waals surface area (Å²) in [5.74, 6) is 0. The molecule has 66 valence electrons. The standard InChI is InChI=1S/C10H10N2S/c1-7-3-2-4-8(5-7)10-9(11)6-12-13-10/h2-6H,11H2,1H3. The Morgan fingerprint density at radius 1 is 1.38 bits per heavy atom. The van der Waals surface area contributed by atoms with E-state index in [-0.39, 0.29) is 0 Å². The summed E-state index contributed by atoms with van der Waals surface area (Å²) in [5.41, 5.74) is 8.92. The molecule has 0 saturated carbocycles. The highest BCUT2D eigenvalue weighted by molar-refractivity contribution is 7.10. The second kappa shape index (κ2) is 3.18. The van der Waals surface area contributed by atoms with E-state index in [4.69, 9.17) is 5.73 Å². The minimum Gasteiger partial charge on any atom is -0.396 e. The Bertz CT molecular complexity index is 420. The van der Waals surface area contributed by atoms with Gasteiger partial charge in [0.1, 0.15) is 0 Å². The molecule has 1 aromatic heterocycles. The second-order valence-corrected chi connectivity index (χ2v) is 3.78. The van der Waals surface area contributed by atoms with Crippen molar-refractivity contribution in [2.45, 2.75) is 6.92 Å². The highest BCUT2D eigenvalue weighted by atomic mass is 32.1. The molecule has 13 heavy (non-hydrogen) atoms. The fourth-order valence-corrected chi connectivity index (χ4v) is 1.92. The van der Waals surface area contributed by atoms with Gasteiger partial charge in [0.15, 0.2) is 0 Å². The molecule has 0 aliphatic rings. The largest absolute Gasteiger partial charge is 0.396 e. The lowest BCUT2D eigenvalue weighted by Gasteiger charge is -1.99. The molecule has 0 aliphatic carbocycles. The maximum Gasteiger partial charge on any atom is 0.0779 e. The SMILES string of the molecule is Cc1cccc(-c2sncc2N)c1. The van der Waals surface area contributed by atoms with Crippen LogP contribution in [0.4, 0.5) is 5.69 Å². The fourth-order valence-electron chi connectivity index (χ4n) is 1.25. The van der Waals surface area contributed by atoms with Crippen molar-refractivity contribution >= 4 is 17.2 Å². The number of aromatic nitrogens is 1. The Labute approximate surface area is 81.2 Å². The number of aryl methyl sites for hydroxylation is 1. The molecule has 1 heterocycles. The van der Waals surface area contributed by atoms with Crippen molar-refractivity contribution in [3.63, 3.8) is 0 Å². The van der Waals surface area contributed by atoms with Gasteiger partial charge in [-0.15, -0.1) is 0 Å². The van der Waals surface area contributed by atoms with Gasteiger partial charge in [0.25, 0.3) is 0 Å². The number of anilines is 1. The molecule has 2 nitrogen and oxygen atoms in total. The van der Waals surface area contributed by atoms with Crippen LogP contribution in [0.25, 0.3) is 10.4 Å². The molecule has 2 rings (SSSR count). The van der Waals surface area contributed by atoms with Gasteiger partial charge in [-0.05, 0) is 24.0 Å². The monoisotopic (exact) mass is 190 g/mol. The minimum absolute atomic E-state index is 0.760. The zero-order valence-electron chi connectivity index (χ0n) is 7.32. The van der Waals surface area contributed by atoms with Gasteiger partial charge in [0, 0.05) is 0 Å². The summed E-state index contributed by atoms with van der Waals surface area (Å²) in [6.07, 6.45) is 1.70. The topological polar surface area (TPSA) is 38.9 Å². The fraction of sp³-hybridized carbons (Fsp3) is 0.100. The van der Waals surface area contributed by atoms with Crippen molar-refractivity contribution in [2.24, 2.45) is 0 Å². The van der Waals surface area contributed by atoms with Gasteiger partial charge in [0.2, 0.25) is 0 Å². The Morgan fingerprint density at radius 3 is 2.85 bits per heavy atom. The Hall–Kier alpha value is -1.35. The van der Waals surface area contributed by atoms with Gasteiger partial charge >= 0.3 is 0 Å². The van der Waals surface area contributed by atoms with Gasteiger partial charge < -0.3 is 5.73 Å². The number of rotatable bonds is 1. The van der Waals surface area contributed by atoms with Crippen LogP contribution in [-0.4, -0.2) is 4.37 Å². The van der Waals surface area contributed by atoms with Crippen molar-refractivity contribution in [3.05, 3.63) is 36.0 Å². The average molecular weight is 190 g/mol. The summed E-state index contributed by atoms with van der Waals surface area (Å²) in [4.78, 5) is 1.06. The van der Waals surface area contributed by atoms with E-state index in [0.29, 0.717) is 0 Å². The van der Waals surface area contributed by atoms with Crippen LogP contribution in [0.3, 0.4) is 0 Å². The van der Waals surface area contributed by atoms with Gasteiger partial charge in [-0.3, -0.25) is 0 Å². The first kappa shape index (κ1) is 8.26. The van der Waals surface area contributed by atoms with E-state index in [2.05, 4.69) is 29.5 Å². The Kier molecular flexibility index (Phi) is 2.02. The van der Waals surface area contributed by atoms with E-state index in [1.807, 2.05) is 6.07 Å². The molecule has 0 amide bonds. The number of nitrogens with zero attached hydrogens (tertiary/aromatic N) is 1. The summed E-state index contributed by atoms with van der Waals surface area (Å²) in [6, 6.07) is 8.27. The summed E-state index contributed by atoms with van der Waals surface area (Å²) in [5, 5.41) is 0. The maximum absolute atomic E-state index is 5.77. The van der Waals surface area contributed by atoms with Gasteiger partial charge in [-0.1, -0.05) is 29.8 Å². The molecule has 3 heteroatoms. The van der Waals surface area contributed by atoms with Crippen LogP contribution in [0.5, 0.6) is 0 Å². The van der Waals surface area contributed by atoms with Crippen LogP contribution in [0.1, 0.15) is 5.56 Å². The number of benzene rings is 1. The van der Waals surface area contributed by atoms with E-state index in [9.17, 15) is 0 Å². The van der Waals surface area contributed by atoms with Gasteiger partial charge in [-0.25, -0.2) is 0 Å². The number of hydrogen-bond acceptors (Lipinski definition) is 3. The molecular formula is C10H10N2S. The van der Waals surface area contributed by atoms with Crippen LogP contribution in [-0.2, 0) is 0 Å². The van der Waals surface area contributed by atoms with E-state index >= 15 is 0 Å². The van der Waals surface area contributed by atoms with Crippen molar-refractivity contribution in [2.75, 3.05) is 5.73 Å². The lowest BCUT2D eigenvalue weighted by molar-refractivity contribution is 1.48. The Morgan fingerprint density at radius 2 is 2.23 bits per heavy atom. The third-order valence-electron chi connectivity index (χ3n) is 1.88. The molecule has 0 bridgehead atoms. The summed E-state index contributed by atoms with van der Waals surface area (Å²) < 4.78 is 4.04. The molecule has 0 saturated heterocycles. The van der Waals surface area contributed by atoms with Crippen molar-refractivity contribution in [1.29, 1.82) is 0 Å². The third-order valence-corrected chi connectivity index (χ3v) is 2.74. The van der Waals surface area contributed by atoms with E-state index in [1.165, 1.54) is 17.1 Å². The first-order valence-electron chi connectivity index (χ1n) is 4.04. The first-order chi connectivity index (χ1) is 6.27. The zero-order chi connectivity index (χ0) is 9.26. The predicted octanol–water partition coefficient (Wildman–Crippen LogP) is 2.70. The van der Waals surface area contributed by atoms with E-state index in [1.54, 1.807) is 6.20 Å². The molecular weight excluding hydrogens is 180 g/mol. The van der Waals surface area contributed by atoms with E-state index in [0.717, 1.165) is 16.1 Å². The molecule has 0 unspecified atom stereocenters. The van der Waals surface area contributed by atoms with Crippen molar-refractivity contribution in [3.8, 4) is 10.4 Å². The lowest BCUT2D eigenvalue weighted by atomic mass is 10.1. The molecule has 0 aliphatic heterocycles. The van der Waals surface area contributed by atoms with Crippen LogP contribution in [0, 0.1) is 6.92 Å². The van der Waals surface area contributed by atoms with Crippen LogP contribution >= 0.6 is 11.5 Å². The summed E-state index contributed by atoms with van der Waals surface area (Å²) in [7, 11) is 0. The van der Waals surface area contributed by atoms with Crippen LogP contribution in [0.2, 0.25) is 0 Å². The molecule has 0 fully saturated rings.